The van der Waals surface area contributed by atoms with Crippen LogP contribution in [0.3, 0.4) is 0 Å². The zero-order valence-corrected chi connectivity index (χ0v) is 13.5. The van der Waals surface area contributed by atoms with Gasteiger partial charge in [0.25, 0.3) is 5.91 Å². The summed E-state index contributed by atoms with van der Waals surface area (Å²) in [5, 5.41) is 3.94. The normalized spacial score (nSPS) is 10.4. The van der Waals surface area contributed by atoms with Crippen molar-refractivity contribution in [2.75, 3.05) is 13.7 Å². The maximum Gasteiger partial charge on any atom is 0.343 e. The van der Waals surface area contributed by atoms with Crippen LogP contribution in [0.5, 0.6) is 5.75 Å². The third-order valence-electron chi connectivity index (χ3n) is 3.23. The van der Waals surface area contributed by atoms with E-state index in [4.69, 9.17) is 4.74 Å². The molecule has 2 aromatic carbocycles. The summed E-state index contributed by atoms with van der Waals surface area (Å²) < 4.78 is 9.73. The van der Waals surface area contributed by atoms with Crippen LogP contribution < -0.4 is 10.2 Å². The lowest BCUT2D eigenvalue weighted by Gasteiger charge is -2.05. The molecule has 0 aliphatic rings. The Hall–Kier alpha value is -3.15. The fraction of sp³-hybridized carbons (Fsp3) is 0.167. The number of amides is 1. The number of carbonyl (C=O) groups is 2. The molecule has 1 amide bonds. The third-order valence-corrected chi connectivity index (χ3v) is 3.23. The van der Waals surface area contributed by atoms with Gasteiger partial charge in [0.2, 0.25) is 0 Å². The molecule has 1 N–H and O–H groups in total. The highest BCUT2D eigenvalue weighted by Crippen LogP contribution is 2.11. The van der Waals surface area contributed by atoms with E-state index in [1.165, 1.54) is 13.3 Å². The van der Waals surface area contributed by atoms with Gasteiger partial charge in [-0.05, 0) is 48.4 Å². The number of rotatable bonds is 6. The first-order chi connectivity index (χ1) is 11.6. The molecule has 0 saturated heterocycles. The summed E-state index contributed by atoms with van der Waals surface area (Å²) in [6.45, 7) is 1.72. The van der Waals surface area contributed by atoms with Gasteiger partial charge in [0.15, 0.2) is 6.61 Å². The minimum Gasteiger partial charge on any atom is -0.482 e. The van der Waals surface area contributed by atoms with Crippen LogP contribution in [0.15, 0.2) is 53.6 Å². The molecule has 0 aliphatic heterocycles. The second-order valence-corrected chi connectivity index (χ2v) is 4.95. The molecule has 2 rings (SSSR count). The maximum atomic E-state index is 12.0. The summed E-state index contributed by atoms with van der Waals surface area (Å²) in [6, 6.07) is 14.2. The minimum atomic E-state index is -0.445. The summed E-state index contributed by atoms with van der Waals surface area (Å²) in [5.41, 5.74) is 4.74. The van der Waals surface area contributed by atoms with Crippen LogP contribution in [0.4, 0.5) is 0 Å². The highest BCUT2D eigenvalue weighted by molar-refractivity contribution is 5.96. The van der Waals surface area contributed by atoms with E-state index < -0.39 is 5.97 Å². The molecule has 0 aliphatic carbocycles. The van der Waals surface area contributed by atoms with Crippen molar-refractivity contribution in [2.24, 2.45) is 5.10 Å². The summed E-state index contributed by atoms with van der Waals surface area (Å²) in [4.78, 5) is 23.0. The van der Waals surface area contributed by atoms with Gasteiger partial charge in [-0.25, -0.2) is 10.2 Å². The van der Waals surface area contributed by atoms with Crippen LogP contribution in [0.2, 0.25) is 0 Å². The quantitative estimate of drug-likeness (QED) is 0.502. The lowest BCUT2D eigenvalue weighted by molar-refractivity contribution is -0.142. The predicted octanol–water partition coefficient (Wildman–Crippen LogP) is 2.31. The van der Waals surface area contributed by atoms with Gasteiger partial charge in [-0.1, -0.05) is 18.2 Å². The van der Waals surface area contributed by atoms with E-state index in [0.717, 1.165) is 11.1 Å². The molecule has 6 nitrogen and oxygen atoms in total. The van der Waals surface area contributed by atoms with Gasteiger partial charge in [0.1, 0.15) is 5.75 Å². The van der Waals surface area contributed by atoms with E-state index in [2.05, 4.69) is 15.3 Å². The molecule has 0 bridgehead atoms. The van der Waals surface area contributed by atoms with Crippen molar-refractivity contribution in [3.05, 3.63) is 65.2 Å². The van der Waals surface area contributed by atoms with Crippen molar-refractivity contribution in [3.63, 3.8) is 0 Å². The molecule has 24 heavy (non-hydrogen) atoms. The third kappa shape index (κ3) is 4.95. The van der Waals surface area contributed by atoms with Gasteiger partial charge >= 0.3 is 5.97 Å². The molecular weight excluding hydrogens is 308 g/mol. The van der Waals surface area contributed by atoms with Crippen LogP contribution >= 0.6 is 0 Å². The Morgan fingerprint density at radius 1 is 1.12 bits per heavy atom. The van der Waals surface area contributed by atoms with Gasteiger partial charge in [-0.15, -0.1) is 0 Å². The van der Waals surface area contributed by atoms with E-state index in [9.17, 15) is 9.59 Å². The summed E-state index contributed by atoms with van der Waals surface area (Å²) in [5.74, 6) is -0.163. The Kier molecular flexibility index (Phi) is 6.08. The molecule has 124 valence electrons. The monoisotopic (exact) mass is 326 g/mol. The molecule has 0 unspecified atom stereocenters. The number of hydrogen-bond acceptors (Lipinski definition) is 5. The first-order valence-corrected chi connectivity index (χ1v) is 7.29. The van der Waals surface area contributed by atoms with Gasteiger partial charge in [0, 0.05) is 5.56 Å². The van der Waals surface area contributed by atoms with Gasteiger partial charge in [0.05, 0.1) is 13.3 Å². The average Bonchev–Trinajstić information content (AvgIpc) is 2.61. The fourth-order valence-electron chi connectivity index (χ4n) is 1.90. The number of benzene rings is 2. The highest BCUT2D eigenvalue weighted by atomic mass is 16.6. The first-order valence-electron chi connectivity index (χ1n) is 7.29. The fourth-order valence-corrected chi connectivity index (χ4v) is 1.90. The molecule has 0 fully saturated rings. The minimum absolute atomic E-state index is 0.142. The van der Waals surface area contributed by atoms with Crippen LogP contribution in [0.1, 0.15) is 21.5 Å². The van der Waals surface area contributed by atoms with E-state index in [1.54, 1.807) is 36.4 Å². The van der Waals surface area contributed by atoms with Crippen LogP contribution in [-0.2, 0) is 9.53 Å². The van der Waals surface area contributed by atoms with E-state index in [0.29, 0.717) is 11.3 Å². The van der Waals surface area contributed by atoms with E-state index in [1.807, 2.05) is 19.1 Å². The average molecular weight is 326 g/mol. The van der Waals surface area contributed by atoms with Gasteiger partial charge in [-0.2, -0.15) is 5.10 Å². The van der Waals surface area contributed by atoms with Crippen LogP contribution in [-0.4, -0.2) is 31.8 Å². The van der Waals surface area contributed by atoms with Crippen molar-refractivity contribution in [1.82, 2.24) is 5.43 Å². The number of hydrazone groups is 1. The van der Waals surface area contributed by atoms with Crippen molar-refractivity contribution in [2.45, 2.75) is 6.92 Å². The molecule has 0 aromatic heterocycles. The number of esters is 1. The number of hydrogen-bond donors (Lipinski definition) is 1. The summed E-state index contributed by atoms with van der Waals surface area (Å²) >= 11 is 0. The van der Waals surface area contributed by atoms with Crippen molar-refractivity contribution >= 4 is 18.1 Å². The highest BCUT2D eigenvalue weighted by Gasteiger charge is 2.06. The SMILES string of the molecule is COC(=O)COc1ccc(C=NNC(=O)c2ccccc2C)cc1. The van der Waals surface area contributed by atoms with E-state index >= 15 is 0 Å². The maximum absolute atomic E-state index is 12.0. The summed E-state index contributed by atoms with van der Waals surface area (Å²) in [6.07, 6.45) is 1.53. The molecule has 2 aromatic rings. The second-order valence-electron chi connectivity index (χ2n) is 4.95. The van der Waals surface area contributed by atoms with Crippen molar-refractivity contribution in [3.8, 4) is 5.75 Å². The predicted molar refractivity (Wildman–Crippen MR) is 90.2 cm³/mol. The lowest BCUT2D eigenvalue weighted by Crippen LogP contribution is -2.18. The second kappa shape index (κ2) is 8.47. The molecule has 6 heteroatoms. The topological polar surface area (TPSA) is 77.0 Å². The Balaban J connectivity index is 1.89. The number of carbonyl (C=O) groups excluding carboxylic acids is 2. The molecule has 0 radical (unpaired) electrons. The smallest absolute Gasteiger partial charge is 0.343 e. The van der Waals surface area contributed by atoms with Crippen molar-refractivity contribution in [1.29, 1.82) is 0 Å². The zero-order valence-electron chi connectivity index (χ0n) is 13.5. The molecule has 0 spiro atoms. The standard InChI is InChI=1S/C18H18N2O4/c1-13-5-3-4-6-16(13)18(22)20-19-11-14-7-9-15(10-8-14)24-12-17(21)23-2/h3-11H,12H2,1-2H3,(H,20,22). The van der Waals surface area contributed by atoms with Crippen LogP contribution in [0, 0.1) is 6.92 Å². The Morgan fingerprint density at radius 3 is 2.50 bits per heavy atom. The lowest BCUT2D eigenvalue weighted by atomic mass is 10.1. The zero-order chi connectivity index (χ0) is 17.4. The van der Waals surface area contributed by atoms with Crippen LogP contribution in [0.25, 0.3) is 0 Å². The number of nitrogens with one attached hydrogen (secondary N) is 1. The molecule has 0 atom stereocenters. The van der Waals surface area contributed by atoms with E-state index in [-0.39, 0.29) is 12.5 Å². The number of methoxy groups -OCH3 is 1. The molecule has 0 heterocycles. The Bertz CT molecular complexity index is 739. The Morgan fingerprint density at radius 2 is 1.83 bits per heavy atom. The number of aryl methyl sites for hydroxylation is 1. The largest absolute Gasteiger partial charge is 0.482 e. The number of ether oxygens (including phenoxy) is 2. The first kappa shape index (κ1) is 17.2. The van der Waals surface area contributed by atoms with Gasteiger partial charge in [-0.3, -0.25) is 4.79 Å². The van der Waals surface area contributed by atoms with Gasteiger partial charge < -0.3 is 9.47 Å². The molecule has 0 saturated carbocycles. The summed E-state index contributed by atoms with van der Waals surface area (Å²) in [7, 11) is 1.30. The Labute approximate surface area is 140 Å². The van der Waals surface area contributed by atoms with Crippen molar-refractivity contribution < 1.29 is 19.1 Å². The molecular formula is C18H18N2O4. The number of nitrogens with zero attached hydrogens (tertiary/aromatic N) is 1.